The molecule has 3 N–H and O–H groups in total. The molecule has 1 aromatic carbocycles. The summed E-state index contributed by atoms with van der Waals surface area (Å²) in [6.45, 7) is 3.67. The summed E-state index contributed by atoms with van der Waals surface area (Å²) in [5.74, 6) is -0.658. The van der Waals surface area contributed by atoms with Crippen LogP contribution in [0.5, 0.6) is 0 Å². The number of para-hydroxylation sites is 1. The van der Waals surface area contributed by atoms with Crippen molar-refractivity contribution in [3.63, 3.8) is 0 Å². The summed E-state index contributed by atoms with van der Waals surface area (Å²) < 4.78 is 0. The summed E-state index contributed by atoms with van der Waals surface area (Å²) in [6, 6.07) is 7.02. The Labute approximate surface area is 145 Å². The number of pyridine rings is 1. The highest BCUT2D eigenvalue weighted by atomic mass is 16.2. The third-order valence-corrected chi connectivity index (χ3v) is 3.50. The lowest BCUT2D eigenvalue weighted by Gasteiger charge is -2.07. The molecule has 0 aliphatic carbocycles. The van der Waals surface area contributed by atoms with Gasteiger partial charge in [-0.15, -0.1) is 0 Å². The molecule has 6 heteroatoms. The first-order chi connectivity index (χ1) is 12.0. The molecule has 0 radical (unpaired) electrons. The van der Waals surface area contributed by atoms with Gasteiger partial charge in [0.25, 0.3) is 5.91 Å². The second kappa shape index (κ2) is 8.63. The number of rotatable bonds is 6. The van der Waals surface area contributed by atoms with Crippen LogP contribution in [0.15, 0.2) is 59.2 Å². The summed E-state index contributed by atoms with van der Waals surface area (Å²) in [7, 11) is 0. The van der Waals surface area contributed by atoms with Crippen LogP contribution in [-0.4, -0.2) is 23.3 Å². The topological polar surface area (TPSA) is 91.1 Å². The van der Waals surface area contributed by atoms with Crippen molar-refractivity contribution >= 4 is 22.7 Å². The van der Waals surface area contributed by atoms with Gasteiger partial charge in [-0.05, 0) is 30.7 Å². The number of carbonyl (C=O) groups is 2. The van der Waals surface area contributed by atoms with E-state index in [1.54, 1.807) is 30.4 Å². The fourth-order valence-corrected chi connectivity index (χ4v) is 2.24. The molecule has 130 valence electrons. The molecule has 0 aliphatic heterocycles. The third kappa shape index (κ3) is 4.91. The number of hydrogen-bond acceptors (Lipinski definition) is 3. The molecule has 1 aromatic heterocycles. The lowest BCUT2D eigenvalue weighted by molar-refractivity contribution is -0.118. The average Bonchev–Trinajstić information content (AvgIpc) is 2.59. The zero-order valence-corrected chi connectivity index (χ0v) is 14.3. The van der Waals surface area contributed by atoms with E-state index in [1.807, 2.05) is 19.1 Å². The van der Waals surface area contributed by atoms with Gasteiger partial charge in [-0.1, -0.05) is 25.1 Å². The van der Waals surface area contributed by atoms with E-state index in [0.29, 0.717) is 16.6 Å². The molecule has 0 unspecified atom stereocenters. The second-order valence-corrected chi connectivity index (χ2v) is 5.44. The maximum Gasteiger partial charge on any atom is 0.261 e. The van der Waals surface area contributed by atoms with Crippen molar-refractivity contribution in [2.24, 2.45) is 0 Å². The molecule has 2 rings (SSSR count). The molecule has 2 amide bonds. The lowest BCUT2D eigenvalue weighted by Crippen LogP contribution is -2.29. The second-order valence-electron chi connectivity index (χ2n) is 5.44. The van der Waals surface area contributed by atoms with Crippen molar-refractivity contribution in [3.05, 3.63) is 70.2 Å². The number of amides is 2. The van der Waals surface area contributed by atoms with Crippen LogP contribution < -0.4 is 16.1 Å². The Morgan fingerprint density at radius 3 is 2.72 bits per heavy atom. The van der Waals surface area contributed by atoms with E-state index < -0.39 is 5.91 Å². The molecule has 0 aliphatic rings. The van der Waals surface area contributed by atoms with Gasteiger partial charge in [0.2, 0.25) is 11.3 Å². The van der Waals surface area contributed by atoms with Crippen molar-refractivity contribution in [2.45, 2.75) is 20.3 Å². The van der Waals surface area contributed by atoms with Crippen molar-refractivity contribution in [2.75, 3.05) is 6.54 Å². The van der Waals surface area contributed by atoms with Crippen LogP contribution in [-0.2, 0) is 4.79 Å². The summed E-state index contributed by atoms with van der Waals surface area (Å²) in [4.78, 5) is 38.9. The van der Waals surface area contributed by atoms with E-state index in [9.17, 15) is 14.4 Å². The van der Waals surface area contributed by atoms with E-state index in [-0.39, 0.29) is 23.4 Å². The van der Waals surface area contributed by atoms with Gasteiger partial charge in [0.05, 0.1) is 0 Å². The maximum atomic E-state index is 12.5. The highest BCUT2D eigenvalue weighted by molar-refractivity contribution is 5.98. The predicted octanol–water partition coefficient (Wildman–Crippen LogP) is 2.24. The van der Waals surface area contributed by atoms with Crippen LogP contribution in [0.4, 0.5) is 0 Å². The maximum absolute atomic E-state index is 12.5. The van der Waals surface area contributed by atoms with Gasteiger partial charge in [-0.25, -0.2) is 0 Å². The van der Waals surface area contributed by atoms with Gasteiger partial charge in [-0.3, -0.25) is 14.4 Å². The van der Waals surface area contributed by atoms with Gasteiger partial charge in [-0.2, -0.15) is 0 Å². The molecule has 0 fully saturated rings. The number of carbonyl (C=O) groups excluding carboxylic acids is 2. The zero-order valence-electron chi connectivity index (χ0n) is 14.3. The van der Waals surface area contributed by atoms with E-state index >= 15 is 0 Å². The Bertz CT molecular complexity index is 894. The first-order valence-electron chi connectivity index (χ1n) is 8.05. The summed E-state index contributed by atoms with van der Waals surface area (Å²) in [6.07, 6.45) is 7.51. The van der Waals surface area contributed by atoms with Gasteiger partial charge in [0.1, 0.15) is 5.56 Å². The highest BCUT2D eigenvalue weighted by Gasteiger charge is 2.13. The Morgan fingerprint density at radius 2 is 2.00 bits per heavy atom. The quantitative estimate of drug-likeness (QED) is 0.705. The molecule has 6 nitrogen and oxygen atoms in total. The molecule has 0 saturated heterocycles. The monoisotopic (exact) mass is 339 g/mol. The minimum atomic E-state index is -0.498. The normalized spacial score (nSPS) is 11.7. The smallest absolute Gasteiger partial charge is 0.261 e. The Morgan fingerprint density at radius 1 is 1.24 bits per heavy atom. The van der Waals surface area contributed by atoms with Crippen LogP contribution in [0.1, 0.15) is 30.6 Å². The Hall–Kier alpha value is -3.15. The number of aromatic amines is 1. The molecule has 25 heavy (non-hydrogen) atoms. The summed E-state index contributed by atoms with van der Waals surface area (Å²) in [5, 5.41) is 5.81. The highest BCUT2D eigenvalue weighted by Crippen LogP contribution is 2.07. The zero-order chi connectivity index (χ0) is 18.2. The van der Waals surface area contributed by atoms with Crippen LogP contribution in [0.25, 0.3) is 10.9 Å². The molecule has 1 heterocycles. The van der Waals surface area contributed by atoms with Gasteiger partial charge >= 0.3 is 0 Å². The van der Waals surface area contributed by atoms with E-state index in [2.05, 4.69) is 15.6 Å². The first kappa shape index (κ1) is 18.2. The van der Waals surface area contributed by atoms with Crippen molar-refractivity contribution < 1.29 is 9.59 Å². The molecular formula is C19H21N3O3. The SMILES string of the molecule is CC/C=C\C(=C/CNC(C)=O)NC(=O)c1c[nH]c2ccccc2c1=O. The minimum Gasteiger partial charge on any atom is -0.360 e. The number of hydrogen-bond donors (Lipinski definition) is 3. The van der Waals surface area contributed by atoms with Crippen LogP contribution in [0.2, 0.25) is 0 Å². The van der Waals surface area contributed by atoms with Crippen molar-refractivity contribution in [1.82, 2.24) is 15.6 Å². The fourth-order valence-electron chi connectivity index (χ4n) is 2.24. The van der Waals surface area contributed by atoms with Gasteiger partial charge in [0, 0.05) is 36.3 Å². The number of allylic oxidation sites excluding steroid dienone is 2. The van der Waals surface area contributed by atoms with Crippen molar-refractivity contribution in [3.8, 4) is 0 Å². The number of aromatic nitrogens is 1. The molecule has 0 bridgehead atoms. The number of H-pyrrole nitrogens is 1. The third-order valence-electron chi connectivity index (χ3n) is 3.50. The standard InChI is InChI=1S/C19H21N3O3/c1-3-4-7-14(10-11-20-13(2)23)22-19(25)16-12-21-17-9-6-5-8-15(17)18(16)24/h4-10,12H,3,11H2,1-2H3,(H,20,23)(H,21,24)(H,22,25)/b7-4-,14-10+. The fraction of sp³-hybridized carbons (Fsp3) is 0.211. The molecule has 0 spiro atoms. The predicted molar refractivity (Wildman–Crippen MR) is 98.2 cm³/mol. The summed E-state index contributed by atoms with van der Waals surface area (Å²) >= 11 is 0. The molecular weight excluding hydrogens is 318 g/mol. The summed E-state index contributed by atoms with van der Waals surface area (Å²) in [5.41, 5.74) is 0.908. The average molecular weight is 339 g/mol. The lowest BCUT2D eigenvalue weighted by atomic mass is 10.1. The van der Waals surface area contributed by atoms with Crippen molar-refractivity contribution in [1.29, 1.82) is 0 Å². The van der Waals surface area contributed by atoms with E-state index in [0.717, 1.165) is 6.42 Å². The number of benzene rings is 1. The van der Waals surface area contributed by atoms with E-state index in [4.69, 9.17) is 0 Å². The Balaban J connectivity index is 2.25. The molecule has 0 atom stereocenters. The van der Waals surface area contributed by atoms with Crippen LogP contribution in [0.3, 0.4) is 0 Å². The molecule has 0 saturated carbocycles. The van der Waals surface area contributed by atoms with Gasteiger partial charge in [0.15, 0.2) is 0 Å². The van der Waals surface area contributed by atoms with Crippen LogP contribution in [0, 0.1) is 0 Å². The van der Waals surface area contributed by atoms with Crippen LogP contribution >= 0.6 is 0 Å². The largest absolute Gasteiger partial charge is 0.360 e. The first-order valence-corrected chi connectivity index (χ1v) is 8.05. The van der Waals surface area contributed by atoms with Gasteiger partial charge < -0.3 is 15.6 Å². The number of nitrogens with one attached hydrogen (secondary N) is 3. The number of fused-ring (bicyclic) bond motifs is 1. The van der Waals surface area contributed by atoms with E-state index in [1.165, 1.54) is 13.1 Å². The minimum absolute atomic E-state index is 0.0361. The molecule has 2 aromatic rings. The Kier molecular flexibility index (Phi) is 6.28.